The molecule has 0 unspecified atom stereocenters. The van der Waals surface area contributed by atoms with Crippen molar-refractivity contribution in [3.63, 3.8) is 0 Å². The number of hydrogen-bond donors (Lipinski definition) is 0. The van der Waals surface area contributed by atoms with Crippen molar-refractivity contribution in [3.05, 3.63) is 65.7 Å². The molecule has 5 nitrogen and oxygen atoms in total. The number of rotatable bonds is 8. The van der Waals surface area contributed by atoms with Crippen LogP contribution in [0, 0.1) is 0 Å². The minimum atomic E-state index is -0.487. The number of ether oxygens (including phenoxy) is 3. The van der Waals surface area contributed by atoms with E-state index in [-0.39, 0.29) is 12.1 Å². The van der Waals surface area contributed by atoms with Crippen molar-refractivity contribution in [1.82, 2.24) is 0 Å². The molecule has 1 aliphatic rings. The zero-order valence-electron chi connectivity index (χ0n) is 17.3. The molecule has 158 valence electrons. The Morgan fingerprint density at radius 1 is 0.933 bits per heavy atom. The molecule has 0 aromatic heterocycles. The van der Waals surface area contributed by atoms with Gasteiger partial charge in [0.2, 0.25) is 0 Å². The zero-order valence-corrected chi connectivity index (χ0v) is 17.3. The molecule has 0 amide bonds. The van der Waals surface area contributed by atoms with E-state index in [2.05, 4.69) is 6.92 Å². The number of hydrogen-bond acceptors (Lipinski definition) is 5. The summed E-state index contributed by atoms with van der Waals surface area (Å²) in [6.07, 6.45) is 9.31. The predicted octanol–water partition coefficient (Wildman–Crippen LogP) is 5.58. The Kier molecular flexibility index (Phi) is 8.07. The van der Waals surface area contributed by atoms with Gasteiger partial charge in [0.15, 0.2) is 0 Å². The van der Waals surface area contributed by atoms with Crippen molar-refractivity contribution in [2.75, 3.05) is 6.61 Å². The van der Waals surface area contributed by atoms with E-state index < -0.39 is 5.97 Å². The first-order chi connectivity index (χ1) is 14.6. The third kappa shape index (κ3) is 6.76. The van der Waals surface area contributed by atoms with Gasteiger partial charge < -0.3 is 14.2 Å². The van der Waals surface area contributed by atoms with Crippen LogP contribution in [0.1, 0.15) is 61.4 Å². The van der Waals surface area contributed by atoms with E-state index in [1.54, 1.807) is 30.3 Å². The molecule has 0 N–H and O–H groups in total. The lowest BCUT2D eigenvalue weighted by atomic mass is 9.98. The molecule has 2 aromatic carbocycles. The summed E-state index contributed by atoms with van der Waals surface area (Å²) in [5.41, 5.74) is 1.33. The van der Waals surface area contributed by atoms with E-state index in [4.69, 9.17) is 14.2 Å². The van der Waals surface area contributed by atoms with Crippen molar-refractivity contribution in [2.45, 2.75) is 51.6 Å². The van der Waals surface area contributed by atoms with Gasteiger partial charge in [0.1, 0.15) is 17.6 Å². The van der Waals surface area contributed by atoms with Gasteiger partial charge in [-0.3, -0.25) is 0 Å². The number of carbonyl (C=O) groups is 2. The Bertz CT molecular complexity index is 846. The summed E-state index contributed by atoms with van der Waals surface area (Å²) in [7, 11) is 0. The first-order valence-corrected chi connectivity index (χ1v) is 10.6. The summed E-state index contributed by atoms with van der Waals surface area (Å²) in [5, 5.41) is 0. The van der Waals surface area contributed by atoms with Crippen LogP contribution < -0.4 is 9.47 Å². The molecule has 0 aliphatic heterocycles. The van der Waals surface area contributed by atoms with E-state index in [1.165, 1.54) is 12.5 Å². The third-order valence-electron chi connectivity index (χ3n) is 4.90. The smallest absolute Gasteiger partial charge is 0.338 e. The molecule has 2 aromatic rings. The Morgan fingerprint density at radius 3 is 2.27 bits per heavy atom. The minimum absolute atomic E-state index is 0.0150. The molecule has 3 rings (SSSR count). The predicted molar refractivity (Wildman–Crippen MR) is 116 cm³/mol. The fraction of sp³-hybridized carbons (Fsp3) is 0.360. The lowest BCUT2D eigenvalue weighted by Crippen LogP contribution is -2.20. The quantitative estimate of drug-likeness (QED) is 0.324. The van der Waals surface area contributed by atoms with Gasteiger partial charge >= 0.3 is 11.9 Å². The van der Waals surface area contributed by atoms with E-state index in [1.807, 2.05) is 24.3 Å². The summed E-state index contributed by atoms with van der Waals surface area (Å²) < 4.78 is 16.4. The van der Waals surface area contributed by atoms with E-state index in [9.17, 15) is 9.59 Å². The molecule has 0 saturated heterocycles. The van der Waals surface area contributed by atoms with Crippen LogP contribution in [0.3, 0.4) is 0 Å². The third-order valence-corrected chi connectivity index (χ3v) is 4.90. The molecule has 0 heterocycles. The Hall–Kier alpha value is -3.08. The van der Waals surface area contributed by atoms with Crippen molar-refractivity contribution in [2.24, 2.45) is 0 Å². The van der Waals surface area contributed by atoms with Crippen molar-refractivity contribution < 1.29 is 23.8 Å². The van der Waals surface area contributed by atoms with Gasteiger partial charge in [0, 0.05) is 6.08 Å². The van der Waals surface area contributed by atoms with Crippen molar-refractivity contribution >= 4 is 18.0 Å². The number of esters is 2. The van der Waals surface area contributed by atoms with Gasteiger partial charge in [0.05, 0.1) is 12.2 Å². The maximum Gasteiger partial charge on any atom is 0.338 e. The normalized spacial score (nSPS) is 14.4. The summed E-state index contributed by atoms with van der Waals surface area (Å²) in [6, 6.07) is 13.9. The summed E-state index contributed by atoms with van der Waals surface area (Å²) in [6.45, 7) is 2.73. The molecule has 1 aliphatic carbocycles. The summed E-state index contributed by atoms with van der Waals surface area (Å²) in [4.78, 5) is 24.3. The van der Waals surface area contributed by atoms with Crippen LogP contribution in [-0.4, -0.2) is 24.6 Å². The van der Waals surface area contributed by atoms with Crippen LogP contribution in [0.5, 0.6) is 11.5 Å². The van der Waals surface area contributed by atoms with Crippen molar-refractivity contribution in [3.8, 4) is 11.5 Å². The minimum Gasteiger partial charge on any atom is -0.494 e. The molecule has 5 heteroatoms. The van der Waals surface area contributed by atoms with Crippen LogP contribution in [-0.2, 0) is 9.53 Å². The average molecular weight is 408 g/mol. The molecule has 1 saturated carbocycles. The number of carbonyl (C=O) groups excluding carboxylic acids is 2. The van der Waals surface area contributed by atoms with Crippen LogP contribution in [0.25, 0.3) is 6.08 Å². The second-order valence-electron chi connectivity index (χ2n) is 7.36. The van der Waals surface area contributed by atoms with E-state index in [0.717, 1.165) is 43.4 Å². The fourth-order valence-electron chi connectivity index (χ4n) is 3.27. The van der Waals surface area contributed by atoms with Crippen LogP contribution >= 0.6 is 0 Å². The summed E-state index contributed by atoms with van der Waals surface area (Å²) in [5.74, 6) is 0.366. The van der Waals surface area contributed by atoms with Crippen LogP contribution in [0.2, 0.25) is 0 Å². The van der Waals surface area contributed by atoms with Crippen LogP contribution in [0.4, 0.5) is 0 Å². The standard InChI is InChI=1S/C25H28O5/c1-2-18-28-21-13-8-19(9-14-21)10-17-24(26)29-23-15-11-20(12-16-23)25(27)30-22-6-4-3-5-7-22/h8-17,22H,2-7,18H2,1H3/b17-10+. The SMILES string of the molecule is CCCOc1ccc(/C=C/C(=O)Oc2ccc(C(=O)OC3CCCCC3)cc2)cc1. The van der Waals surface area contributed by atoms with Gasteiger partial charge in [-0.15, -0.1) is 0 Å². The second kappa shape index (κ2) is 11.2. The monoisotopic (exact) mass is 408 g/mol. The highest BCUT2D eigenvalue weighted by molar-refractivity contribution is 5.90. The van der Waals surface area contributed by atoms with E-state index in [0.29, 0.717) is 17.9 Å². The van der Waals surface area contributed by atoms with Gasteiger partial charge in [0.25, 0.3) is 0 Å². The fourth-order valence-corrected chi connectivity index (χ4v) is 3.27. The Labute approximate surface area is 177 Å². The highest BCUT2D eigenvalue weighted by Crippen LogP contribution is 2.22. The Morgan fingerprint density at radius 2 is 1.60 bits per heavy atom. The second-order valence-corrected chi connectivity index (χ2v) is 7.36. The molecule has 1 fully saturated rings. The lowest BCUT2D eigenvalue weighted by Gasteiger charge is -2.21. The first-order valence-electron chi connectivity index (χ1n) is 10.6. The number of benzene rings is 2. The maximum atomic E-state index is 12.2. The summed E-state index contributed by atoms with van der Waals surface area (Å²) >= 11 is 0. The van der Waals surface area contributed by atoms with Crippen LogP contribution in [0.15, 0.2) is 54.6 Å². The average Bonchev–Trinajstić information content (AvgIpc) is 2.78. The maximum absolute atomic E-state index is 12.2. The van der Waals surface area contributed by atoms with Gasteiger partial charge in [-0.2, -0.15) is 0 Å². The van der Waals surface area contributed by atoms with E-state index >= 15 is 0 Å². The van der Waals surface area contributed by atoms with Gasteiger partial charge in [-0.05, 0) is 80.1 Å². The Balaban J connectivity index is 1.49. The largest absolute Gasteiger partial charge is 0.494 e. The molecule has 30 heavy (non-hydrogen) atoms. The van der Waals surface area contributed by atoms with Crippen molar-refractivity contribution in [1.29, 1.82) is 0 Å². The molecular formula is C25H28O5. The highest BCUT2D eigenvalue weighted by Gasteiger charge is 2.18. The first kappa shape index (κ1) is 21.6. The van der Waals surface area contributed by atoms with Gasteiger partial charge in [-0.1, -0.05) is 25.5 Å². The highest BCUT2D eigenvalue weighted by atomic mass is 16.5. The molecule has 0 radical (unpaired) electrons. The van der Waals surface area contributed by atoms with Gasteiger partial charge in [-0.25, -0.2) is 9.59 Å². The molecule has 0 spiro atoms. The molecule has 0 bridgehead atoms. The lowest BCUT2D eigenvalue weighted by molar-refractivity contribution is -0.128. The molecular weight excluding hydrogens is 380 g/mol. The topological polar surface area (TPSA) is 61.8 Å². The zero-order chi connectivity index (χ0) is 21.2. The molecule has 0 atom stereocenters.